The molecule has 2 rings (SSSR count). The molecule has 0 radical (unpaired) electrons. The summed E-state index contributed by atoms with van der Waals surface area (Å²) in [5.41, 5.74) is 0.887. The van der Waals surface area contributed by atoms with Gasteiger partial charge < -0.3 is 23.6 Å². The first-order valence-corrected chi connectivity index (χ1v) is 11.7. The number of nitrogens with zero attached hydrogens (tertiary/aromatic N) is 1. The van der Waals surface area contributed by atoms with Gasteiger partial charge in [0.05, 0.1) is 13.2 Å². The lowest BCUT2D eigenvalue weighted by atomic mass is 10.0. The number of hydrogen-bond acceptors (Lipinski definition) is 7. The Hall–Kier alpha value is -1.57. The lowest BCUT2D eigenvalue weighted by Gasteiger charge is -2.18. The third kappa shape index (κ3) is 5.99. The molecule has 1 heterocycles. The molecule has 0 aliphatic rings. The van der Waals surface area contributed by atoms with Crippen LogP contribution in [0.4, 0.5) is 4.39 Å². The van der Waals surface area contributed by atoms with Crippen LogP contribution in [0.25, 0.3) is 0 Å². The molecule has 0 amide bonds. The lowest BCUT2D eigenvalue weighted by Crippen LogP contribution is -2.08. The molecule has 0 bridgehead atoms. The highest BCUT2D eigenvalue weighted by molar-refractivity contribution is 7.53. The summed E-state index contributed by atoms with van der Waals surface area (Å²) in [7, 11) is -3.60. The molecular formula is C19H23Cl2FNO6P. The highest BCUT2D eigenvalue weighted by Gasteiger charge is 2.28. The summed E-state index contributed by atoms with van der Waals surface area (Å²) in [6.07, 6.45) is -0.580. The third-order valence-electron chi connectivity index (χ3n) is 3.84. The number of benzene rings is 1. The SMILES string of the molecule is CCOP(=O)(COc1nc(Cl)c(Oc2ccc(C(C)C)cc2O)c(Cl)c1F)OCC. The predicted molar refractivity (Wildman–Crippen MR) is 113 cm³/mol. The smallest absolute Gasteiger partial charge is 0.367 e. The zero-order valence-electron chi connectivity index (χ0n) is 16.9. The summed E-state index contributed by atoms with van der Waals surface area (Å²) in [5, 5.41) is 9.35. The minimum atomic E-state index is -3.60. The van der Waals surface area contributed by atoms with Crippen molar-refractivity contribution < 1.29 is 32.6 Å². The maximum Gasteiger partial charge on any atom is 0.367 e. The number of aromatic hydroxyl groups is 1. The molecule has 1 aromatic heterocycles. The second-order valence-electron chi connectivity index (χ2n) is 6.37. The Morgan fingerprint density at radius 2 is 1.83 bits per heavy atom. The largest absolute Gasteiger partial charge is 0.504 e. The van der Waals surface area contributed by atoms with Crippen LogP contribution in [0.15, 0.2) is 18.2 Å². The van der Waals surface area contributed by atoms with E-state index in [1.807, 2.05) is 13.8 Å². The number of hydrogen-bond donors (Lipinski definition) is 1. The number of aromatic nitrogens is 1. The zero-order chi connectivity index (χ0) is 22.5. The van der Waals surface area contributed by atoms with Crippen LogP contribution in [0.5, 0.6) is 23.1 Å². The van der Waals surface area contributed by atoms with E-state index in [4.69, 9.17) is 41.7 Å². The van der Waals surface area contributed by atoms with Crippen LogP contribution < -0.4 is 9.47 Å². The van der Waals surface area contributed by atoms with Crippen molar-refractivity contribution in [1.29, 1.82) is 0 Å². The fraction of sp³-hybridized carbons (Fsp3) is 0.421. The molecule has 30 heavy (non-hydrogen) atoms. The Bertz CT molecular complexity index is 934. The van der Waals surface area contributed by atoms with Crippen molar-refractivity contribution in [1.82, 2.24) is 4.98 Å². The standard InChI is InChI=1S/C19H23Cl2FNO6P/c1-5-27-30(25,28-6-2)10-26-19-16(22)15(20)17(18(21)23-19)29-14-8-7-12(11(3)4)9-13(14)24/h7-9,11,24H,5-6,10H2,1-4H3. The van der Waals surface area contributed by atoms with Gasteiger partial charge in [-0.25, -0.2) is 0 Å². The van der Waals surface area contributed by atoms with E-state index in [1.54, 1.807) is 19.9 Å². The summed E-state index contributed by atoms with van der Waals surface area (Å²) in [6.45, 7) is 7.43. The van der Waals surface area contributed by atoms with Gasteiger partial charge in [-0.1, -0.05) is 43.1 Å². The van der Waals surface area contributed by atoms with Crippen molar-refractivity contribution in [3.63, 3.8) is 0 Å². The van der Waals surface area contributed by atoms with E-state index in [0.717, 1.165) is 5.56 Å². The van der Waals surface area contributed by atoms with E-state index in [9.17, 15) is 14.1 Å². The number of phenols is 1. The highest BCUT2D eigenvalue weighted by atomic mass is 35.5. The summed E-state index contributed by atoms with van der Waals surface area (Å²) in [5.74, 6) is -1.91. The van der Waals surface area contributed by atoms with E-state index >= 15 is 0 Å². The normalized spacial score (nSPS) is 11.7. The van der Waals surface area contributed by atoms with Crippen LogP contribution in [-0.2, 0) is 13.6 Å². The highest BCUT2D eigenvalue weighted by Crippen LogP contribution is 2.49. The van der Waals surface area contributed by atoms with Crippen LogP contribution in [0.1, 0.15) is 39.2 Å². The lowest BCUT2D eigenvalue weighted by molar-refractivity contribution is 0.193. The molecule has 0 fully saturated rings. The van der Waals surface area contributed by atoms with Crippen LogP contribution >= 0.6 is 30.8 Å². The van der Waals surface area contributed by atoms with E-state index in [1.165, 1.54) is 12.1 Å². The van der Waals surface area contributed by atoms with Crippen LogP contribution in [0.2, 0.25) is 10.2 Å². The van der Waals surface area contributed by atoms with E-state index in [2.05, 4.69) is 4.98 Å². The topological polar surface area (TPSA) is 87.1 Å². The van der Waals surface area contributed by atoms with Crippen molar-refractivity contribution in [2.75, 3.05) is 19.6 Å². The molecule has 0 aliphatic heterocycles. The van der Waals surface area contributed by atoms with Crippen molar-refractivity contribution in [3.05, 3.63) is 39.8 Å². The molecule has 0 spiro atoms. The van der Waals surface area contributed by atoms with E-state index in [0.29, 0.717) is 0 Å². The van der Waals surface area contributed by atoms with Gasteiger partial charge in [-0.2, -0.15) is 9.37 Å². The minimum Gasteiger partial charge on any atom is -0.504 e. The van der Waals surface area contributed by atoms with Gasteiger partial charge in [-0.05, 0) is 37.5 Å². The fourth-order valence-corrected chi connectivity index (χ4v) is 4.15. The second-order valence-corrected chi connectivity index (χ2v) is 9.10. The van der Waals surface area contributed by atoms with Gasteiger partial charge >= 0.3 is 7.60 Å². The molecule has 0 aliphatic carbocycles. The molecule has 7 nitrogen and oxygen atoms in total. The predicted octanol–water partition coefficient (Wildman–Crippen LogP) is 6.75. The number of ether oxygens (including phenoxy) is 2. The molecule has 0 unspecified atom stereocenters. The zero-order valence-corrected chi connectivity index (χ0v) is 19.4. The quantitative estimate of drug-likeness (QED) is 0.296. The number of phenolic OH excluding ortho intramolecular Hbond substituents is 1. The molecule has 0 saturated carbocycles. The van der Waals surface area contributed by atoms with Gasteiger partial charge in [-0.3, -0.25) is 4.57 Å². The van der Waals surface area contributed by atoms with E-state index < -0.39 is 30.7 Å². The maximum absolute atomic E-state index is 14.7. The van der Waals surface area contributed by atoms with Gasteiger partial charge in [0.2, 0.25) is 5.82 Å². The van der Waals surface area contributed by atoms with Gasteiger partial charge in [0.25, 0.3) is 5.88 Å². The molecular weight excluding hydrogens is 459 g/mol. The molecule has 11 heteroatoms. The van der Waals surface area contributed by atoms with Crippen LogP contribution in [0, 0.1) is 5.82 Å². The number of halogens is 3. The number of rotatable bonds is 10. The van der Waals surface area contributed by atoms with Crippen molar-refractivity contribution in [2.24, 2.45) is 0 Å². The van der Waals surface area contributed by atoms with Gasteiger partial charge in [0.1, 0.15) is 5.02 Å². The Labute approximate surface area is 184 Å². The third-order valence-corrected chi connectivity index (χ3v) is 6.18. The monoisotopic (exact) mass is 481 g/mol. The van der Waals surface area contributed by atoms with Crippen molar-refractivity contribution in [2.45, 2.75) is 33.6 Å². The molecule has 0 atom stereocenters. The first kappa shape index (κ1) is 24.7. The Morgan fingerprint density at radius 1 is 1.20 bits per heavy atom. The fourth-order valence-electron chi connectivity index (χ4n) is 2.39. The van der Waals surface area contributed by atoms with Gasteiger partial charge in [0, 0.05) is 0 Å². The minimum absolute atomic E-state index is 0.0234. The first-order chi connectivity index (χ1) is 14.1. The molecule has 2 aromatic rings. The van der Waals surface area contributed by atoms with Crippen LogP contribution in [-0.4, -0.2) is 29.7 Å². The Kier molecular flexibility index (Phi) is 8.76. The Balaban J connectivity index is 2.27. The van der Waals surface area contributed by atoms with Crippen LogP contribution in [0.3, 0.4) is 0 Å². The Morgan fingerprint density at radius 3 is 2.37 bits per heavy atom. The number of pyridine rings is 1. The summed E-state index contributed by atoms with van der Waals surface area (Å²) in [4.78, 5) is 3.77. The second kappa shape index (κ2) is 10.6. The van der Waals surface area contributed by atoms with Crippen molar-refractivity contribution >= 4 is 30.8 Å². The summed E-state index contributed by atoms with van der Waals surface area (Å²) < 4.78 is 47.9. The summed E-state index contributed by atoms with van der Waals surface area (Å²) >= 11 is 12.1. The molecule has 1 aromatic carbocycles. The maximum atomic E-state index is 14.7. The molecule has 0 saturated heterocycles. The van der Waals surface area contributed by atoms with E-state index in [-0.39, 0.29) is 41.5 Å². The first-order valence-electron chi connectivity index (χ1n) is 9.18. The average molecular weight is 482 g/mol. The molecule has 166 valence electrons. The average Bonchev–Trinajstić information content (AvgIpc) is 2.68. The van der Waals surface area contributed by atoms with Crippen molar-refractivity contribution in [3.8, 4) is 23.1 Å². The molecule has 1 N–H and O–H groups in total. The van der Waals surface area contributed by atoms with Gasteiger partial charge in [-0.15, -0.1) is 0 Å². The van der Waals surface area contributed by atoms with Gasteiger partial charge in [0.15, 0.2) is 28.7 Å². The summed E-state index contributed by atoms with van der Waals surface area (Å²) in [6, 6.07) is 4.80.